The fraction of sp³-hybridized carbons (Fsp3) is 0.583. The zero-order valence-corrected chi connectivity index (χ0v) is 17.6. The van der Waals surface area contributed by atoms with Crippen LogP contribution in [0.15, 0.2) is 18.2 Å². The van der Waals surface area contributed by atoms with Crippen molar-refractivity contribution in [2.75, 3.05) is 13.1 Å². The van der Waals surface area contributed by atoms with E-state index in [1.165, 1.54) is 25.0 Å². The molecule has 1 saturated heterocycles. The fourth-order valence-corrected chi connectivity index (χ4v) is 6.75. The molecular formula is C24H28F2N4O. The second-order valence-electron chi connectivity index (χ2n) is 9.95. The summed E-state index contributed by atoms with van der Waals surface area (Å²) in [4.78, 5) is 13.4. The summed E-state index contributed by atoms with van der Waals surface area (Å²) in [6.45, 7) is 1.69. The Morgan fingerprint density at radius 1 is 0.968 bits per heavy atom. The summed E-state index contributed by atoms with van der Waals surface area (Å²) >= 11 is 0. The van der Waals surface area contributed by atoms with Gasteiger partial charge in [0.05, 0.1) is 5.69 Å². The Hall–Kier alpha value is -2.28. The molecule has 7 rings (SSSR count). The van der Waals surface area contributed by atoms with Gasteiger partial charge in [0.15, 0.2) is 11.5 Å². The Bertz CT molecular complexity index is 1010. The van der Waals surface area contributed by atoms with Gasteiger partial charge in [-0.1, -0.05) is 6.42 Å². The molecule has 0 spiro atoms. The van der Waals surface area contributed by atoms with Crippen LogP contribution in [-0.2, 0) is 0 Å². The Morgan fingerprint density at radius 3 is 2.39 bits per heavy atom. The Labute approximate surface area is 180 Å². The first-order valence-electron chi connectivity index (χ1n) is 11.7. The third kappa shape index (κ3) is 3.28. The summed E-state index contributed by atoms with van der Waals surface area (Å²) in [5.41, 5.74) is 5.74. The van der Waals surface area contributed by atoms with E-state index in [-0.39, 0.29) is 17.5 Å². The van der Waals surface area contributed by atoms with Gasteiger partial charge in [0.1, 0.15) is 11.5 Å². The first kappa shape index (κ1) is 19.4. The monoisotopic (exact) mass is 426 g/mol. The van der Waals surface area contributed by atoms with E-state index in [1.54, 1.807) is 4.68 Å². The molecule has 7 heteroatoms. The molecule has 2 atom stereocenters. The van der Waals surface area contributed by atoms with Gasteiger partial charge in [-0.2, -0.15) is 5.10 Å². The highest BCUT2D eigenvalue weighted by molar-refractivity contribution is 5.94. The standard InChI is InChI=1S/C24H28F2N4O/c25-18-4-5-20(19(26)13-18)30-23-17-11-14-8-15(12-17)10-16(9-14)21(23)22(27-30)24(31)28-29-6-2-1-3-7-29/h4-5,13-17H,1-3,6-12H2,(H,28,31). The minimum absolute atomic E-state index is 0.194. The number of benzene rings is 1. The molecule has 1 aromatic carbocycles. The van der Waals surface area contributed by atoms with E-state index < -0.39 is 11.6 Å². The molecule has 5 nitrogen and oxygen atoms in total. The first-order chi connectivity index (χ1) is 15.1. The van der Waals surface area contributed by atoms with Crippen molar-refractivity contribution in [2.24, 2.45) is 11.8 Å². The van der Waals surface area contributed by atoms with E-state index in [0.717, 1.165) is 68.9 Å². The number of nitrogens with zero attached hydrogens (tertiary/aromatic N) is 3. The van der Waals surface area contributed by atoms with Crippen molar-refractivity contribution in [3.05, 3.63) is 46.8 Å². The lowest BCUT2D eigenvalue weighted by molar-refractivity contribution is 0.0741. The van der Waals surface area contributed by atoms with Gasteiger partial charge >= 0.3 is 0 Å². The highest BCUT2D eigenvalue weighted by atomic mass is 19.1. The molecule has 1 aromatic heterocycles. The maximum atomic E-state index is 14.8. The van der Waals surface area contributed by atoms with Crippen LogP contribution in [0.2, 0.25) is 0 Å². The van der Waals surface area contributed by atoms with Crippen molar-refractivity contribution >= 4 is 5.91 Å². The van der Waals surface area contributed by atoms with Gasteiger partial charge in [0.25, 0.3) is 5.91 Å². The zero-order valence-electron chi connectivity index (χ0n) is 17.6. The predicted octanol–water partition coefficient (Wildman–Crippen LogP) is 4.67. The minimum atomic E-state index is -0.641. The molecule has 2 aromatic rings. The van der Waals surface area contributed by atoms with Crippen LogP contribution in [-0.4, -0.2) is 33.8 Å². The molecule has 164 valence electrons. The number of hydrazine groups is 1. The molecular weight excluding hydrogens is 398 g/mol. The molecule has 4 bridgehead atoms. The number of halogens is 2. The summed E-state index contributed by atoms with van der Waals surface area (Å²) in [7, 11) is 0. The molecule has 1 N–H and O–H groups in total. The minimum Gasteiger partial charge on any atom is -0.283 e. The van der Waals surface area contributed by atoms with Gasteiger partial charge in [-0.15, -0.1) is 0 Å². The summed E-state index contributed by atoms with van der Waals surface area (Å²) in [6.07, 6.45) is 8.91. The number of aromatic nitrogens is 2. The number of amides is 1. The number of carbonyl (C=O) groups is 1. The number of hydrogen-bond acceptors (Lipinski definition) is 3. The van der Waals surface area contributed by atoms with Crippen molar-refractivity contribution in [3.8, 4) is 5.69 Å². The number of piperidine rings is 1. The Morgan fingerprint density at radius 2 is 1.68 bits per heavy atom. The van der Waals surface area contributed by atoms with E-state index in [0.29, 0.717) is 23.4 Å². The first-order valence-corrected chi connectivity index (χ1v) is 11.7. The zero-order chi connectivity index (χ0) is 21.1. The van der Waals surface area contributed by atoms with Crippen molar-refractivity contribution < 1.29 is 13.6 Å². The molecule has 3 fully saturated rings. The fourth-order valence-electron chi connectivity index (χ4n) is 6.75. The van der Waals surface area contributed by atoms with Crippen LogP contribution in [0.4, 0.5) is 8.78 Å². The molecule has 5 aliphatic rings. The average molecular weight is 427 g/mol. The smallest absolute Gasteiger partial charge is 0.283 e. The van der Waals surface area contributed by atoms with E-state index in [1.807, 2.05) is 5.01 Å². The van der Waals surface area contributed by atoms with Gasteiger partial charge in [0.2, 0.25) is 0 Å². The van der Waals surface area contributed by atoms with Crippen molar-refractivity contribution in [1.82, 2.24) is 20.2 Å². The molecule has 2 heterocycles. The molecule has 1 aliphatic heterocycles. The van der Waals surface area contributed by atoms with Crippen molar-refractivity contribution in [2.45, 2.75) is 63.2 Å². The lowest BCUT2D eigenvalue weighted by Gasteiger charge is -2.38. The van der Waals surface area contributed by atoms with Gasteiger partial charge in [0, 0.05) is 30.6 Å². The van der Waals surface area contributed by atoms with Crippen molar-refractivity contribution in [3.63, 3.8) is 0 Å². The maximum absolute atomic E-state index is 14.8. The largest absolute Gasteiger partial charge is 0.286 e. The van der Waals surface area contributed by atoms with Crippen LogP contribution < -0.4 is 5.43 Å². The predicted molar refractivity (Wildman–Crippen MR) is 112 cm³/mol. The quantitative estimate of drug-likeness (QED) is 0.776. The Balaban J connectivity index is 1.47. The second kappa shape index (κ2) is 7.40. The molecule has 1 amide bonds. The van der Waals surface area contributed by atoms with Crippen LogP contribution >= 0.6 is 0 Å². The summed E-state index contributed by atoms with van der Waals surface area (Å²) in [5.74, 6) is 0.463. The topological polar surface area (TPSA) is 50.2 Å². The lowest BCUT2D eigenvalue weighted by Crippen LogP contribution is -2.45. The van der Waals surface area contributed by atoms with Gasteiger partial charge in [-0.3, -0.25) is 10.2 Å². The van der Waals surface area contributed by atoms with Crippen molar-refractivity contribution in [1.29, 1.82) is 0 Å². The third-order valence-corrected chi connectivity index (χ3v) is 7.86. The maximum Gasteiger partial charge on any atom is 0.286 e. The SMILES string of the molecule is O=C(NN1CCCCC1)c1nn(-c2ccc(F)cc2F)c2c1C1CC3CC(C1)CC2C3. The van der Waals surface area contributed by atoms with Gasteiger partial charge < -0.3 is 0 Å². The number of carbonyl (C=O) groups excluding carboxylic acids is 1. The van der Waals surface area contributed by atoms with Crippen LogP contribution in [0.25, 0.3) is 5.69 Å². The van der Waals surface area contributed by atoms with Crippen LogP contribution in [0.3, 0.4) is 0 Å². The normalized spacial score (nSPS) is 29.6. The number of hydrogen-bond donors (Lipinski definition) is 1. The van der Waals surface area contributed by atoms with Crippen LogP contribution in [0.5, 0.6) is 0 Å². The summed E-state index contributed by atoms with van der Waals surface area (Å²) in [5, 5.41) is 6.68. The Kier molecular flexibility index (Phi) is 4.63. The van der Waals surface area contributed by atoms with E-state index in [9.17, 15) is 13.6 Å². The number of nitrogens with one attached hydrogen (secondary N) is 1. The summed E-state index contributed by atoms with van der Waals surface area (Å²) in [6, 6.07) is 3.61. The van der Waals surface area contributed by atoms with Gasteiger partial charge in [-0.25, -0.2) is 18.5 Å². The highest BCUT2D eigenvalue weighted by Crippen LogP contribution is 2.57. The lowest BCUT2D eigenvalue weighted by atomic mass is 9.67. The third-order valence-electron chi connectivity index (χ3n) is 7.86. The molecule has 4 aliphatic carbocycles. The number of rotatable bonds is 3. The molecule has 0 radical (unpaired) electrons. The van der Waals surface area contributed by atoms with E-state index >= 15 is 0 Å². The van der Waals surface area contributed by atoms with E-state index in [2.05, 4.69) is 5.43 Å². The summed E-state index contributed by atoms with van der Waals surface area (Å²) < 4.78 is 30.0. The van der Waals surface area contributed by atoms with Crippen LogP contribution in [0.1, 0.15) is 84.9 Å². The van der Waals surface area contributed by atoms with Gasteiger partial charge in [-0.05, 0) is 74.8 Å². The second-order valence-corrected chi connectivity index (χ2v) is 9.95. The molecule has 31 heavy (non-hydrogen) atoms. The van der Waals surface area contributed by atoms with Crippen LogP contribution in [0, 0.1) is 23.5 Å². The van der Waals surface area contributed by atoms with E-state index in [4.69, 9.17) is 5.10 Å². The molecule has 2 unspecified atom stereocenters. The molecule has 2 saturated carbocycles. The average Bonchev–Trinajstić information content (AvgIpc) is 3.05. The highest BCUT2D eigenvalue weighted by Gasteiger charge is 2.46.